The Morgan fingerprint density at radius 2 is 0.881 bits per heavy atom. The van der Waals surface area contributed by atoms with Gasteiger partial charge in [-0.25, -0.2) is 4.98 Å². The molecule has 2 aliphatic rings. The Hall–Kier alpha value is -8.53. The lowest BCUT2D eigenvalue weighted by molar-refractivity contribution is 0.731. The SMILES string of the molecule is c1ccc(-c2cc(B3c4c(-c5ccccc5)cccc4-c4nc5ccccc5c(-c5ccccc5)c43)cc(N3c4ccccc4C(c4ccccc4)(c4ccccc4)c4ccccc43)c2)cc1. The van der Waals surface area contributed by atoms with Gasteiger partial charge in [-0.1, -0.05) is 241 Å². The molecule has 0 saturated carbocycles. The number of benzene rings is 10. The fourth-order valence-corrected chi connectivity index (χ4v) is 11.5. The van der Waals surface area contributed by atoms with Crippen molar-refractivity contribution in [2.75, 3.05) is 4.90 Å². The van der Waals surface area contributed by atoms with E-state index in [9.17, 15) is 0 Å². The Morgan fingerprint density at radius 1 is 0.373 bits per heavy atom. The van der Waals surface area contributed by atoms with Gasteiger partial charge in [0.2, 0.25) is 6.71 Å². The van der Waals surface area contributed by atoms with Gasteiger partial charge in [0.1, 0.15) is 0 Å². The third-order valence-electron chi connectivity index (χ3n) is 14.2. The average molecular weight is 851 g/mol. The van der Waals surface area contributed by atoms with Crippen molar-refractivity contribution in [3.63, 3.8) is 0 Å². The van der Waals surface area contributed by atoms with Gasteiger partial charge in [-0.3, -0.25) is 0 Å². The predicted octanol–water partition coefficient (Wildman–Crippen LogP) is 13.9. The molecule has 0 N–H and O–H groups in total. The number of fused-ring (bicyclic) bond motifs is 6. The van der Waals surface area contributed by atoms with Crippen molar-refractivity contribution in [1.82, 2.24) is 4.98 Å². The quantitative estimate of drug-likeness (QED) is 0.149. The van der Waals surface area contributed by atoms with Gasteiger partial charge in [-0.2, -0.15) is 0 Å². The van der Waals surface area contributed by atoms with Crippen molar-refractivity contribution in [2.45, 2.75) is 5.41 Å². The van der Waals surface area contributed by atoms with Crippen LogP contribution in [0.5, 0.6) is 0 Å². The zero-order chi connectivity index (χ0) is 44.3. The van der Waals surface area contributed by atoms with Crippen LogP contribution < -0.4 is 21.3 Å². The number of hydrogen-bond donors (Lipinski definition) is 0. The molecule has 3 heterocycles. The second-order valence-electron chi connectivity index (χ2n) is 17.7. The van der Waals surface area contributed by atoms with Crippen LogP contribution in [0.3, 0.4) is 0 Å². The van der Waals surface area contributed by atoms with Gasteiger partial charge in [-0.15, -0.1) is 0 Å². The minimum absolute atomic E-state index is 0.154. The monoisotopic (exact) mass is 850 g/mol. The van der Waals surface area contributed by atoms with Crippen LogP contribution in [0.1, 0.15) is 22.3 Å². The number of aromatic nitrogens is 1. The molecule has 67 heavy (non-hydrogen) atoms. The maximum Gasteiger partial charge on any atom is 0.246 e. The van der Waals surface area contributed by atoms with Crippen LogP contribution in [0.15, 0.2) is 261 Å². The first-order valence-electron chi connectivity index (χ1n) is 23.2. The molecule has 0 fully saturated rings. The van der Waals surface area contributed by atoms with Crippen molar-refractivity contribution in [1.29, 1.82) is 0 Å². The molecule has 0 amide bonds. The van der Waals surface area contributed by atoms with E-state index in [-0.39, 0.29) is 6.71 Å². The second kappa shape index (κ2) is 15.9. The van der Waals surface area contributed by atoms with E-state index in [1.54, 1.807) is 0 Å². The number of para-hydroxylation sites is 3. The normalized spacial score (nSPS) is 13.1. The summed E-state index contributed by atoms with van der Waals surface area (Å²) in [4.78, 5) is 8.14. The lowest BCUT2D eigenvalue weighted by Crippen LogP contribution is -2.50. The van der Waals surface area contributed by atoms with Gasteiger partial charge < -0.3 is 4.90 Å². The Kier molecular flexibility index (Phi) is 9.21. The molecule has 0 unspecified atom stereocenters. The summed E-state index contributed by atoms with van der Waals surface area (Å²) in [5.41, 5.74) is 21.9. The summed E-state index contributed by atoms with van der Waals surface area (Å²) in [5.74, 6) is 0. The summed E-state index contributed by atoms with van der Waals surface area (Å²) in [5, 5.41) is 1.16. The second-order valence-corrected chi connectivity index (χ2v) is 17.7. The molecule has 0 radical (unpaired) electrons. The van der Waals surface area contributed by atoms with Gasteiger partial charge in [0.15, 0.2) is 0 Å². The Morgan fingerprint density at radius 3 is 1.51 bits per heavy atom. The highest BCUT2D eigenvalue weighted by atomic mass is 15.2. The summed E-state index contributed by atoms with van der Waals surface area (Å²) in [6.45, 7) is -0.154. The van der Waals surface area contributed by atoms with E-state index in [0.717, 1.165) is 39.2 Å². The maximum atomic E-state index is 5.61. The van der Waals surface area contributed by atoms with E-state index >= 15 is 0 Å². The van der Waals surface area contributed by atoms with E-state index < -0.39 is 5.41 Å². The van der Waals surface area contributed by atoms with Gasteiger partial charge >= 0.3 is 0 Å². The van der Waals surface area contributed by atoms with Crippen LogP contribution in [-0.2, 0) is 5.41 Å². The molecule has 2 aliphatic heterocycles. The Balaban J connectivity index is 1.14. The summed E-state index contributed by atoms with van der Waals surface area (Å²) in [6.07, 6.45) is 0. The predicted molar refractivity (Wildman–Crippen MR) is 281 cm³/mol. The molecule has 0 spiro atoms. The number of rotatable bonds is 7. The van der Waals surface area contributed by atoms with Gasteiger partial charge in [-0.05, 0) is 97.0 Å². The Labute approximate surface area is 392 Å². The topological polar surface area (TPSA) is 16.1 Å². The smallest absolute Gasteiger partial charge is 0.246 e. The number of pyridine rings is 1. The molecule has 312 valence electrons. The van der Waals surface area contributed by atoms with Crippen LogP contribution >= 0.6 is 0 Å². The maximum absolute atomic E-state index is 5.61. The molecular formula is C64H43BN2. The number of anilines is 3. The number of hydrogen-bond acceptors (Lipinski definition) is 2. The first kappa shape index (κ1) is 38.9. The molecule has 11 aromatic rings. The third-order valence-corrected chi connectivity index (χ3v) is 14.2. The van der Waals surface area contributed by atoms with Crippen LogP contribution in [0.2, 0.25) is 0 Å². The lowest BCUT2D eigenvalue weighted by atomic mass is 9.37. The molecule has 3 heteroatoms. The first-order chi connectivity index (χ1) is 33.3. The fraction of sp³-hybridized carbons (Fsp3) is 0.0156. The van der Waals surface area contributed by atoms with Crippen LogP contribution in [-0.4, -0.2) is 11.7 Å². The summed E-state index contributed by atoms with van der Waals surface area (Å²) >= 11 is 0. The minimum atomic E-state index is -0.572. The van der Waals surface area contributed by atoms with Gasteiger partial charge in [0, 0.05) is 11.1 Å². The van der Waals surface area contributed by atoms with E-state index in [0.29, 0.717) is 0 Å². The van der Waals surface area contributed by atoms with Gasteiger partial charge in [0.25, 0.3) is 0 Å². The van der Waals surface area contributed by atoms with Crippen molar-refractivity contribution in [3.05, 3.63) is 283 Å². The molecule has 0 saturated heterocycles. The standard InChI is InChI=1S/C64H43BN2/c1-6-23-44(24-7-1)47-41-50(43-51(42-47)67-58-39-20-17-36-55(58)64(48-29-12-4-13-30-48,49-31-14-5-15-32-49)56-37-18-21-40-59(56)67)65-61-52(45-25-8-2-9-26-45)34-22-35-54(61)63-62(65)60(46-27-10-3-11-28-46)53-33-16-19-38-57(53)66-63/h1-43H. The molecule has 0 aliphatic carbocycles. The van der Waals surface area contributed by atoms with E-state index in [1.807, 2.05) is 0 Å². The molecule has 10 aromatic carbocycles. The van der Waals surface area contributed by atoms with E-state index in [2.05, 4.69) is 266 Å². The average Bonchev–Trinajstić information content (AvgIpc) is 3.74. The van der Waals surface area contributed by atoms with Crippen LogP contribution in [0, 0.1) is 0 Å². The van der Waals surface area contributed by atoms with Crippen molar-refractivity contribution in [2.24, 2.45) is 0 Å². The highest BCUT2D eigenvalue weighted by molar-refractivity contribution is 7.00. The molecule has 1 aromatic heterocycles. The van der Waals surface area contributed by atoms with Crippen LogP contribution in [0.4, 0.5) is 17.1 Å². The van der Waals surface area contributed by atoms with Crippen molar-refractivity contribution < 1.29 is 0 Å². The first-order valence-corrected chi connectivity index (χ1v) is 23.2. The van der Waals surface area contributed by atoms with Crippen molar-refractivity contribution >= 4 is 51.1 Å². The zero-order valence-electron chi connectivity index (χ0n) is 36.8. The molecular weight excluding hydrogens is 808 g/mol. The lowest BCUT2D eigenvalue weighted by Gasteiger charge is -2.46. The molecule has 0 bridgehead atoms. The van der Waals surface area contributed by atoms with Crippen molar-refractivity contribution in [3.8, 4) is 44.6 Å². The van der Waals surface area contributed by atoms with Gasteiger partial charge in [0.05, 0.1) is 28.0 Å². The molecule has 2 nitrogen and oxygen atoms in total. The van der Waals surface area contributed by atoms with E-state index in [1.165, 1.54) is 72.0 Å². The third kappa shape index (κ3) is 6.09. The Bertz CT molecular complexity index is 3540. The largest absolute Gasteiger partial charge is 0.310 e. The summed E-state index contributed by atoms with van der Waals surface area (Å²) in [6, 6.07) is 95.9. The zero-order valence-corrected chi connectivity index (χ0v) is 36.8. The summed E-state index contributed by atoms with van der Waals surface area (Å²) < 4.78 is 0. The molecule has 13 rings (SSSR count). The number of nitrogens with zero attached hydrogens (tertiary/aromatic N) is 2. The van der Waals surface area contributed by atoms with Crippen LogP contribution in [0.25, 0.3) is 55.5 Å². The molecule has 0 atom stereocenters. The fourth-order valence-electron chi connectivity index (χ4n) is 11.5. The highest BCUT2D eigenvalue weighted by Crippen LogP contribution is 2.57. The van der Waals surface area contributed by atoms with E-state index in [4.69, 9.17) is 4.98 Å². The minimum Gasteiger partial charge on any atom is -0.310 e. The summed E-state index contributed by atoms with van der Waals surface area (Å²) in [7, 11) is 0. The highest BCUT2D eigenvalue weighted by Gasteiger charge is 2.47.